The van der Waals surface area contributed by atoms with E-state index in [-0.39, 0.29) is 18.0 Å². The van der Waals surface area contributed by atoms with Crippen LogP contribution in [0.3, 0.4) is 0 Å². The van der Waals surface area contributed by atoms with Crippen LogP contribution in [-0.2, 0) is 37.0 Å². The number of fused-ring (bicyclic) bond motifs is 4. The Morgan fingerprint density at radius 2 is 2.06 bits per heavy atom. The summed E-state index contributed by atoms with van der Waals surface area (Å²) in [5.41, 5.74) is 2.67. The van der Waals surface area contributed by atoms with E-state index in [0.29, 0.717) is 21.9 Å². The van der Waals surface area contributed by atoms with Crippen molar-refractivity contribution in [3.8, 4) is 6.07 Å². The highest BCUT2D eigenvalue weighted by atomic mass is 32.1. The van der Waals surface area contributed by atoms with Crippen molar-refractivity contribution in [3.05, 3.63) is 43.1 Å². The van der Waals surface area contributed by atoms with E-state index < -0.39 is 0 Å². The SMILES string of the molecule is CC1CCc2c(sc3ncn(CC(=O)Nc4sc5c(c4C#N)CCCCC5)c(=O)c23)C1. The number of hydrogen-bond donors (Lipinski definition) is 1. The number of nitrogens with zero attached hydrogens (tertiary/aromatic N) is 3. The van der Waals surface area contributed by atoms with E-state index in [1.165, 1.54) is 38.4 Å². The number of aryl methyl sites for hydroxylation is 2. The first kappa shape index (κ1) is 20.4. The molecular formula is C23H24N4O2S2. The normalized spacial score (nSPS) is 18.1. The van der Waals surface area contributed by atoms with Gasteiger partial charge in [-0.1, -0.05) is 13.3 Å². The highest BCUT2D eigenvalue weighted by molar-refractivity contribution is 7.18. The van der Waals surface area contributed by atoms with Crippen molar-refractivity contribution in [2.45, 2.75) is 64.8 Å². The number of anilines is 1. The summed E-state index contributed by atoms with van der Waals surface area (Å²) in [5, 5.41) is 13.9. The van der Waals surface area contributed by atoms with Crippen LogP contribution >= 0.6 is 22.7 Å². The molecule has 0 aromatic carbocycles. The Hall–Kier alpha value is -2.50. The third-order valence-electron chi connectivity index (χ3n) is 6.38. The molecule has 2 aliphatic carbocycles. The molecule has 3 heterocycles. The maximum Gasteiger partial charge on any atom is 0.262 e. The maximum absolute atomic E-state index is 13.2. The summed E-state index contributed by atoms with van der Waals surface area (Å²) in [4.78, 5) is 33.7. The molecule has 8 heteroatoms. The standard InChI is InChI=1S/C23H24N4O2S2/c1-13-7-8-15-18(9-13)31-22-20(15)23(29)27(12-25-22)11-19(28)26-21-16(10-24)14-5-3-2-4-6-17(14)30-21/h12-13H,2-9,11H2,1H3,(H,26,28). The predicted octanol–water partition coefficient (Wildman–Crippen LogP) is 4.42. The summed E-state index contributed by atoms with van der Waals surface area (Å²) in [7, 11) is 0. The molecule has 1 amide bonds. The van der Waals surface area contributed by atoms with Crippen LogP contribution in [-0.4, -0.2) is 15.5 Å². The second kappa shape index (κ2) is 8.21. The molecule has 1 unspecified atom stereocenters. The molecule has 0 saturated carbocycles. The molecule has 2 aliphatic rings. The number of rotatable bonds is 3. The zero-order chi connectivity index (χ0) is 21.5. The van der Waals surface area contributed by atoms with Gasteiger partial charge in [-0.05, 0) is 62.0 Å². The molecule has 0 bridgehead atoms. The minimum atomic E-state index is -0.297. The van der Waals surface area contributed by atoms with Crippen molar-refractivity contribution in [3.63, 3.8) is 0 Å². The van der Waals surface area contributed by atoms with E-state index in [0.717, 1.165) is 60.9 Å². The first-order valence-electron chi connectivity index (χ1n) is 10.9. The Bertz CT molecular complexity index is 1280. The average molecular weight is 453 g/mol. The van der Waals surface area contributed by atoms with Crippen LogP contribution in [0.2, 0.25) is 0 Å². The molecule has 1 N–H and O–H groups in total. The lowest BCUT2D eigenvalue weighted by molar-refractivity contribution is -0.116. The molecule has 3 aromatic rings. The van der Waals surface area contributed by atoms with Crippen LogP contribution < -0.4 is 10.9 Å². The number of carbonyl (C=O) groups excluding carboxylic acids is 1. The Balaban J connectivity index is 1.41. The van der Waals surface area contributed by atoms with Crippen LogP contribution in [0.4, 0.5) is 5.00 Å². The largest absolute Gasteiger partial charge is 0.315 e. The smallest absolute Gasteiger partial charge is 0.262 e. The fraction of sp³-hybridized carbons (Fsp3) is 0.478. The molecule has 0 fully saturated rings. The Morgan fingerprint density at radius 1 is 1.23 bits per heavy atom. The van der Waals surface area contributed by atoms with Crippen molar-refractivity contribution in [2.24, 2.45) is 5.92 Å². The van der Waals surface area contributed by atoms with Gasteiger partial charge in [-0.2, -0.15) is 5.26 Å². The quantitative estimate of drug-likeness (QED) is 0.596. The van der Waals surface area contributed by atoms with Gasteiger partial charge in [0.1, 0.15) is 22.4 Å². The maximum atomic E-state index is 13.2. The highest BCUT2D eigenvalue weighted by Crippen LogP contribution is 2.37. The summed E-state index contributed by atoms with van der Waals surface area (Å²) < 4.78 is 1.40. The fourth-order valence-corrected chi connectivity index (χ4v) is 7.35. The zero-order valence-electron chi connectivity index (χ0n) is 17.5. The second-order valence-electron chi connectivity index (χ2n) is 8.64. The Morgan fingerprint density at radius 3 is 2.90 bits per heavy atom. The molecule has 1 atom stereocenters. The van der Waals surface area contributed by atoms with E-state index in [2.05, 4.69) is 23.3 Å². The highest BCUT2D eigenvalue weighted by Gasteiger charge is 2.24. The first-order chi connectivity index (χ1) is 15.0. The number of thiophene rings is 2. The van der Waals surface area contributed by atoms with E-state index in [1.807, 2.05) is 0 Å². The van der Waals surface area contributed by atoms with Crippen LogP contribution in [0, 0.1) is 17.2 Å². The summed E-state index contributed by atoms with van der Waals surface area (Å²) in [6, 6.07) is 2.29. The van der Waals surface area contributed by atoms with Gasteiger partial charge >= 0.3 is 0 Å². The predicted molar refractivity (Wildman–Crippen MR) is 124 cm³/mol. The van der Waals surface area contributed by atoms with E-state index in [9.17, 15) is 14.9 Å². The van der Waals surface area contributed by atoms with Crippen molar-refractivity contribution < 1.29 is 4.79 Å². The summed E-state index contributed by atoms with van der Waals surface area (Å²) in [6.45, 7) is 2.14. The third-order valence-corrected chi connectivity index (χ3v) is 8.75. The minimum Gasteiger partial charge on any atom is -0.315 e. The minimum absolute atomic E-state index is 0.101. The molecule has 6 nitrogen and oxygen atoms in total. The zero-order valence-corrected chi connectivity index (χ0v) is 19.1. The third kappa shape index (κ3) is 3.70. The van der Waals surface area contributed by atoms with E-state index >= 15 is 0 Å². The molecule has 0 saturated heterocycles. The van der Waals surface area contributed by atoms with Gasteiger partial charge in [0, 0.05) is 9.75 Å². The summed E-state index contributed by atoms with van der Waals surface area (Å²) >= 11 is 3.12. The molecular weight excluding hydrogens is 428 g/mol. The molecule has 5 rings (SSSR count). The van der Waals surface area contributed by atoms with Gasteiger partial charge in [-0.3, -0.25) is 14.2 Å². The van der Waals surface area contributed by atoms with Gasteiger partial charge in [0.15, 0.2) is 0 Å². The molecule has 0 spiro atoms. The Labute approximate surface area is 188 Å². The molecule has 0 aliphatic heterocycles. The lowest BCUT2D eigenvalue weighted by Crippen LogP contribution is -2.28. The van der Waals surface area contributed by atoms with Crippen molar-refractivity contribution in [2.75, 3.05) is 5.32 Å². The first-order valence-corrected chi connectivity index (χ1v) is 12.5. The molecule has 0 radical (unpaired) electrons. The van der Waals surface area contributed by atoms with Crippen molar-refractivity contribution in [1.82, 2.24) is 9.55 Å². The Kier molecular flexibility index (Phi) is 5.40. The van der Waals surface area contributed by atoms with Gasteiger partial charge in [0.05, 0.1) is 17.3 Å². The lowest BCUT2D eigenvalue weighted by Gasteiger charge is -2.17. The van der Waals surface area contributed by atoms with Gasteiger partial charge in [-0.15, -0.1) is 22.7 Å². The van der Waals surface area contributed by atoms with Crippen molar-refractivity contribution in [1.29, 1.82) is 5.26 Å². The van der Waals surface area contributed by atoms with Gasteiger partial charge in [0.25, 0.3) is 5.56 Å². The average Bonchev–Trinajstić information content (AvgIpc) is 3.18. The second-order valence-corrected chi connectivity index (χ2v) is 10.8. The number of aromatic nitrogens is 2. The number of carbonyl (C=O) groups is 1. The molecule has 3 aromatic heterocycles. The van der Waals surface area contributed by atoms with Crippen LogP contribution in [0.15, 0.2) is 11.1 Å². The van der Waals surface area contributed by atoms with Crippen LogP contribution in [0.25, 0.3) is 10.2 Å². The summed E-state index contributed by atoms with van der Waals surface area (Å²) in [5.74, 6) is 0.331. The van der Waals surface area contributed by atoms with Crippen LogP contribution in [0.1, 0.15) is 59.1 Å². The number of amides is 1. The van der Waals surface area contributed by atoms with Gasteiger partial charge in [0.2, 0.25) is 5.91 Å². The van der Waals surface area contributed by atoms with E-state index in [1.54, 1.807) is 11.3 Å². The monoisotopic (exact) mass is 452 g/mol. The summed E-state index contributed by atoms with van der Waals surface area (Å²) in [6.07, 6.45) is 9.69. The van der Waals surface area contributed by atoms with Crippen LogP contribution in [0.5, 0.6) is 0 Å². The van der Waals surface area contributed by atoms with Gasteiger partial charge < -0.3 is 5.32 Å². The number of nitrogens with one attached hydrogen (secondary N) is 1. The molecule has 160 valence electrons. The molecule has 31 heavy (non-hydrogen) atoms. The van der Waals surface area contributed by atoms with Gasteiger partial charge in [-0.25, -0.2) is 4.98 Å². The lowest BCUT2D eigenvalue weighted by atomic mass is 9.89. The fourth-order valence-electron chi connectivity index (χ4n) is 4.75. The number of hydrogen-bond acceptors (Lipinski definition) is 6. The number of nitriles is 1. The topological polar surface area (TPSA) is 87.8 Å². The van der Waals surface area contributed by atoms with Crippen molar-refractivity contribution >= 4 is 43.8 Å². The van der Waals surface area contributed by atoms with E-state index in [4.69, 9.17) is 0 Å².